The molecule has 1 aromatic carbocycles. The summed E-state index contributed by atoms with van der Waals surface area (Å²) in [6.45, 7) is 3.88. The summed E-state index contributed by atoms with van der Waals surface area (Å²) in [5.41, 5.74) is 2.90. The van der Waals surface area contributed by atoms with Crippen molar-refractivity contribution in [1.29, 1.82) is 0 Å². The highest BCUT2D eigenvalue weighted by atomic mass is 32.2. The summed E-state index contributed by atoms with van der Waals surface area (Å²) < 4.78 is 23.0. The fourth-order valence-electron chi connectivity index (χ4n) is 3.10. The molecule has 1 fully saturated rings. The zero-order valence-corrected chi connectivity index (χ0v) is 16.0. The quantitative estimate of drug-likeness (QED) is 0.833. The van der Waals surface area contributed by atoms with Crippen LogP contribution in [0, 0.1) is 13.8 Å². The van der Waals surface area contributed by atoms with Gasteiger partial charge in [0, 0.05) is 11.7 Å². The molecule has 0 radical (unpaired) electrons. The molecule has 1 unspecified atom stereocenters. The van der Waals surface area contributed by atoms with Gasteiger partial charge in [0.05, 0.1) is 11.5 Å². The first-order valence-corrected chi connectivity index (χ1v) is 10.4. The van der Waals surface area contributed by atoms with Gasteiger partial charge in [-0.25, -0.2) is 13.4 Å². The number of nitrogens with one attached hydrogen (secondary N) is 2. The standard InChI is InChI=1S/C19H21N3O4S/c1-12-8-13(2)10-15(9-12)21-19(24)17-5-3-4-16(22-17)18(23)20-14-6-7-27(25,26)11-14/h3-5,8-10,14H,6-7,11H2,1-2H3,(H,20,23)(H,21,24). The van der Waals surface area contributed by atoms with E-state index in [1.807, 2.05) is 32.0 Å². The number of aryl methyl sites for hydroxylation is 2. The lowest BCUT2D eigenvalue weighted by molar-refractivity contribution is 0.0936. The van der Waals surface area contributed by atoms with Crippen LogP contribution in [-0.4, -0.2) is 42.8 Å². The summed E-state index contributed by atoms with van der Waals surface area (Å²) in [4.78, 5) is 28.9. The highest BCUT2D eigenvalue weighted by molar-refractivity contribution is 7.91. The molecule has 1 aliphatic heterocycles. The number of carbonyl (C=O) groups is 2. The Hall–Kier alpha value is -2.74. The molecule has 2 N–H and O–H groups in total. The molecule has 8 heteroatoms. The summed E-state index contributed by atoms with van der Waals surface area (Å²) in [5.74, 6) is -0.897. The van der Waals surface area contributed by atoms with Crippen LogP contribution in [0.25, 0.3) is 0 Å². The summed E-state index contributed by atoms with van der Waals surface area (Å²) in [7, 11) is -3.09. The van der Waals surface area contributed by atoms with E-state index >= 15 is 0 Å². The average molecular weight is 387 g/mol. The van der Waals surface area contributed by atoms with Crippen LogP contribution in [0.2, 0.25) is 0 Å². The second kappa shape index (κ2) is 7.48. The molecule has 0 spiro atoms. The van der Waals surface area contributed by atoms with Crippen molar-refractivity contribution in [3.8, 4) is 0 Å². The van der Waals surface area contributed by atoms with Crippen LogP contribution in [0.3, 0.4) is 0 Å². The summed E-state index contributed by atoms with van der Waals surface area (Å²) in [6, 6.07) is 9.87. The van der Waals surface area contributed by atoms with Gasteiger partial charge < -0.3 is 10.6 Å². The van der Waals surface area contributed by atoms with Crippen molar-refractivity contribution in [2.75, 3.05) is 16.8 Å². The third kappa shape index (κ3) is 4.91. The average Bonchev–Trinajstić information content (AvgIpc) is 2.92. The first-order valence-electron chi connectivity index (χ1n) is 8.60. The van der Waals surface area contributed by atoms with Gasteiger partial charge in [-0.15, -0.1) is 0 Å². The van der Waals surface area contributed by atoms with Crippen LogP contribution in [0.15, 0.2) is 36.4 Å². The number of anilines is 1. The molecular formula is C19H21N3O4S. The number of pyridine rings is 1. The van der Waals surface area contributed by atoms with Crippen LogP contribution in [0.1, 0.15) is 38.5 Å². The van der Waals surface area contributed by atoms with Gasteiger partial charge in [-0.3, -0.25) is 9.59 Å². The van der Waals surface area contributed by atoms with E-state index in [2.05, 4.69) is 15.6 Å². The van der Waals surface area contributed by atoms with Gasteiger partial charge in [-0.1, -0.05) is 12.1 Å². The van der Waals surface area contributed by atoms with Crippen LogP contribution in [-0.2, 0) is 9.84 Å². The molecule has 3 rings (SSSR count). The molecule has 0 aliphatic carbocycles. The topological polar surface area (TPSA) is 105 Å². The fourth-order valence-corrected chi connectivity index (χ4v) is 4.77. The predicted octanol–water partition coefficient (Wildman–Crippen LogP) is 1.87. The van der Waals surface area contributed by atoms with Crippen LogP contribution < -0.4 is 10.6 Å². The number of hydrogen-bond acceptors (Lipinski definition) is 5. The van der Waals surface area contributed by atoms with Crippen molar-refractivity contribution < 1.29 is 18.0 Å². The van der Waals surface area contributed by atoms with E-state index < -0.39 is 27.7 Å². The minimum Gasteiger partial charge on any atom is -0.347 e. The third-order valence-corrected chi connectivity index (χ3v) is 6.03. The molecule has 0 saturated carbocycles. The van der Waals surface area contributed by atoms with Crippen molar-refractivity contribution in [2.45, 2.75) is 26.3 Å². The molecular weight excluding hydrogens is 366 g/mol. The van der Waals surface area contributed by atoms with Gasteiger partial charge in [0.1, 0.15) is 11.4 Å². The van der Waals surface area contributed by atoms with Crippen LogP contribution >= 0.6 is 0 Å². The lowest BCUT2D eigenvalue weighted by Crippen LogP contribution is -2.36. The third-order valence-electron chi connectivity index (χ3n) is 4.26. The van der Waals surface area contributed by atoms with Crippen molar-refractivity contribution in [3.63, 3.8) is 0 Å². The SMILES string of the molecule is Cc1cc(C)cc(NC(=O)c2cccc(C(=O)NC3CCS(=O)(=O)C3)n2)c1. The molecule has 2 heterocycles. The summed E-state index contributed by atoms with van der Waals surface area (Å²) in [5, 5.41) is 5.45. The smallest absolute Gasteiger partial charge is 0.274 e. The van der Waals surface area contributed by atoms with Gasteiger partial charge >= 0.3 is 0 Å². The Balaban J connectivity index is 1.71. The zero-order valence-electron chi connectivity index (χ0n) is 15.2. The van der Waals surface area contributed by atoms with Crippen molar-refractivity contribution in [2.24, 2.45) is 0 Å². The molecule has 142 valence electrons. The lowest BCUT2D eigenvalue weighted by Gasteiger charge is -2.11. The number of hydrogen-bond donors (Lipinski definition) is 2. The molecule has 2 aromatic rings. The van der Waals surface area contributed by atoms with E-state index in [1.54, 1.807) is 6.07 Å². The Labute approximate surface area is 158 Å². The van der Waals surface area contributed by atoms with Gasteiger partial charge in [0.2, 0.25) is 0 Å². The lowest BCUT2D eigenvalue weighted by atomic mass is 10.1. The van der Waals surface area contributed by atoms with E-state index in [0.29, 0.717) is 12.1 Å². The Morgan fingerprint density at radius 3 is 2.26 bits per heavy atom. The molecule has 7 nitrogen and oxygen atoms in total. The van der Waals surface area contributed by atoms with E-state index in [1.165, 1.54) is 12.1 Å². The second-order valence-electron chi connectivity index (χ2n) is 6.81. The van der Waals surface area contributed by atoms with E-state index in [-0.39, 0.29) is 22.9 Å². The van der Waals surface area contributed by atoms with E-state index in [9.17, 15) is 18.0 Å². The maximum absolute atomic E-state index is 12.5. The largest absolute Gasteiger partial charge is 0.347 e. The van der Waals surface area contributed by atoms with Crippen LogP contribution in [0.4, 0.5) is 5.69 Å². The Morgan fingerprint density at radius 1 is 1.04 bits per heavy atom. The number of sulfone groups is 1. The van der Waals surface area contributed by atoms with Gasteiger partial charge in [0.25, 0.3) is 11.8 Å². The Bertz CT molecular complexity index is 982. The summed E-state index contributed by atoms with van der Waals surface area (Å²) in [6.07, 6.45) is 0.390. The molecule has 1 aromatic heterocycles. The van der Waals surface area contributed by atoms with Gasteiger partial charge in [-0.2, -0.15) is 0 Å². The number of rotatable bonds is 4. The number of benzene rings is 1. The molecule has 0 bridgehead atoms. The first kappa shape index (κ1) is 19.0. The zero-order chi connectivity index (χ0) is 19.6. The normalized spacial score (nSPS) is 18.1. The predicted molar refractivity (Wildman–Crippen MR) is 103 cm³/mol. The maximum Gasteiger partial charge on any atom is 0.274 e. The highest BCUT2D eigenvalue weighted by Gasteiger charge is 2.29. The maximum atomic E-state index is 12.5. The van der Waals surface area contributed by atoms with Gasteiger partial charge in [0.15, 0.2) is 9.84 Å². The number of amides is 2. The molecule has 27 heavy (non-hydrogen) atoms. The Kier molecular flexibility index (Phi) is 5.27. The molecule has 1 atom stereocenters. The van der Waals surface area contributed by atoms with Gasteiger partial charge in [-0.05, 0) is 55.7 Å². The number of carbonyl (C=O) groups excluding carboxylic acids is 2. The van der Waals surface area contributed by atoms with Crippen molar-refractivity contribution >= 4 is 27.3 Å². The minimum absolute atomic E-state index is 0.0639. The molecule has 2 amide bonds. The summed E-state index contributed by atoms with van der Waals surface area (Å²) >= 11 is 0. The van der Waals surface area contributed by atoms with E-state index in [0.717, 1.165) is 11.1 Å². The van der Waals surface area contributed by atoms with Crippen molar-refractivity contribution in [1.82, 2.24) is 10.3 Å². The van der Waals surface area contributed by atoms with Crippen LogP contribution in [0.5, 0.6) is 0 Å². The Morgan fingerprint density at radius 2 is 1.67 bits per heavy atom. The first-order chi connectivity index (χ1) is 12.7. The molecule has 1 saturated heterocycles. The van der Waals surface area contributed by atoms with Crippen molar-refractivity contribution in [3.05, 3.63) is 58.9 Å². The molecule has 1 aliphatic rings. The number of nitrogens with zero attached hydrogens (tertiary/aromatic N) is 1. The minimum atomic E-state index is -3.09. The highest BCUT2D eigenvalue weighted by Crippen LogP contribution is 2.15. The fraction of sp³-hybridized carbons (Fsp3) is 0.316. The monoisotopic (exact) mass is 387 g/mol. The second-order valence-corrected chi connectivity index (χ2v) is 9.04. The number of aromatic nitrogens is 1. The van der Waals surface area contributed by atoms with E-state index in [4.69, 9.17) is 0 Å².